The number of para-hydroxylation sites is 1. The smallest absolute Gasteiger partial charge is 0.0366 e. The maximum absolute atomic E-state index is 5.60. The van der Waals surface area contributed by atoms with Crippen molar-refractivity contribution in [3.63, 3.8) is 0 Å². The fourth-order valence-corrected chi connectivity index (χ4v) is 1.51. The SMILES string of the molecule is CCCCN(CCN)c1ccccc1. The molecule has 1 aromatic carbocycles. The summed E-state index contributed by atoms with van der Waals surface area (Å²) in [4.78, 5) is 2.35. The van der Waals surface area contributed by atoms with E-state index in [4.69, 9.17) is 5.73 Å². The summed E-state index contributed by atoms with van der Waals surface area (Å²) in [7, 11) is 0. The van der Waals surface area contributed by atoms with Crippen molar-refractivity contribution >= 4 is 5.69 Å². The van der Waals surface area contributed by atoms with Crippen LogP contribution >= 0.6 is 0 Å². The molecule has 0 atom stereocenters. The average Bonchev–Trinajstić information content (AvgIpc) is 2.25. The number of nitrogens with two attached hydrogens (primary N) is 1. The molecular formula is C12H20N2. The van der Waals surface area contributed by atoms with E-state index in [0.29, 0.717) is 0 Å². The number of hydrogen-bond acceptors (Lipinski definition) is 2. The Morgan fingerprint density at radius 1 is 1.14 bits per heavy atom. The quantitative estimate of drug-likeness (QED) is 0.749. The second kappa shape index (κ2) is 6.44. The summed E-state index contributed by atoms with van der Waals surface area (Å²) in [6, 6.07) is 10.5. The Morgan fingerprint density at radius 2 is 1.86 bits per heavy atom. The van der Waals surface area contributed by atoms with Crippen LogP contribution in [0.2, 0.25) is 0 Å². The molecule has 0 amide bonds. The van der Waals surface area contributed by atoms with Gasteiger partial charge < -0.3 is 10.6 Å². The van der Waals surface area contributed by atoms with Crippen molar-refractivity contribution in [1.82, 2.24) is 0 Å². The van der Waals surface area contributed by atoms with Crippen LogP contribution in [0.25, 0.3) is 0 Å². The molecule has 0 saturated carbocycles. The number of anilines is 1. The monoisotopic (exact) mass is 192 g/mol. The maximum atomic E-state index is 5.60. The molecule has 0 saturated heterocycles. The van der Waals surface area contributed by atoms with Gasteiger partial charge in [0.2, 0.25) is 0 Å². The number of benzene rings is 1. The topological polar surface area (TPSA) is 29.3 Å². The van der Waals surface area contributed by atoms with Gasteiger partial charge in [0, 0.05) is 25.3 Å². The summed E-state index contributed by atoms with van der Waals surface area (Å²) in [5.74, 6) is 0. The molecule has 0 unspecified atom stereocenters. The van der Waals surface area contributed by atoms with E-state index in [1.54, 1.807) is 0 Å². The molecule has 2 nitrogen and oxygen atoms in total. The van der Waals surface area contributed by atoms with Gasteiger partial charge in [-0.05, 0) is 18.6 Å². The summed E-state index contributed by atoms with van der Waals surface area (Å²) < 4.78 is 0. The van der Waals surface area contributed by atoms with Crippen molar-refractivity contribution < 1.29 is 0 Å². The minimum atomic E-state index is 0.721. The van der Waals surface area contributed by atoms with E-state index in [2.05, 4.69) is 36.1 Å². The number of rotatable bonds is 6. The average molecular weight is 192 g/mol. The highest BCUT2D eigenvalue weighted by atomic mass is 15.1. The van der Waals surface area contributed by atoms with Crippen LogP contribution in [0.1, 0.15) is 19.8 Å². The van der Waals surface area contributed by atoms with Gasteiger partial charge in [0.25, 0.3) is 0 Å². The van der Waals surface area contributed by atoms with Crippen LogP contribution in [0.15, 0.2) is 30.3 Å². The van der Waals surface area contributed by atoms with Crippen molar-refractivity contribution in [2.24, 2.45) is 5.73 Å². The van der Waals surface area contributed by atoms with Gasteiger partial charge >= 0.3 is 0 Å². The first-order valence-electron chi connectivity index (χ1n) is 5.38. The van der Waals surface area contributed by atoms with Crippen molar-refractivity contribution in [1.29, 1.82) is 0 Å². The standard InChI is InChI=1S/C12H20N2/c1-2-3-10-14(11-9-13)12-7-5-4-6-8-12/h4-8H,2-3,9-11,13H2,1H3. The highest BCUT2D eigenvalue weighted by molar-refractivity contribution is 5.45. The lowest BCUT2D eigenvalue weighted by Crippen LogP contribution is -2.30. The summed E-state index contributed by atoms with van der Waals surface area (Å²) in [5.41, 5.74) is 6.88. The molecule has 14 heavy (non-hydrogen) atoms. The third-order valence-corrected chi connectivity index (χ3v) is 2.30. The Morgan fingerprint density at radius 3 is 2.43 bits per heavy atom. The summed E-state index contributed by atoms with van der Waals surface area (Å²) in [6.45, 7) is 4.99. The molecule has 78 valence electrons. The molecule has 0 heterocycles. The van der Waals surface area contributed by atoms with Crippen molar-refractivity contribution in [2.45, 2.75) is 19.8 Å². The van der Waals surface area contributed by atoms with E-state index < -0.39 is 0 Å². The first kappa shape index (κ1) is 11.1. The molecule has 0 aromatic heterocycles. The van der Waals surface area contributed by atoms with Crippen LogP contribution in [-0.4, -0.2) is 19.6 Å². The van der Waals surface area contributed by atoms with Gasteiger partial charge in [0.15, 0.2) is 0 Å². The van der Waals surface area contributed by atoms with Gasteiger partial charge in [-0.2, -0.15) is 0 Å². The predicted molar refractivity (Wildman–Crippen MR) is 62.6 cm³/mol. The van der Waals surface area contributed by atoms with Gasteiger partial charge in [-0.3, -0.25) is 0 Å². The molecule has 0 aliphatic rings. The van der Waals surface area contributed by atoms with Crippen LogP contribution in [-0.2, 0) is 0 Å². The van der Waals surface area contributed by atoms with Crippen LogP contribution < -0.4 is 10.6 Å². The molecule has 0 aliphatic carbocycles. The fourth-order valence-electron chi connectivity index (χ4n) is 1.51. The summed E-state index contributed by atoms with van der Waals surface area (Å²) in [6.07, 6.45) is 2.46. The molecule has 0 spiro atoms. The Balaban J connectivity index is 2.58. The zero-order valence-electron chi connectivity index (χ0n) is 8.95. The van der Waals surface area contributed by atoms with Gasteiger partial charge in [0.05, 0.1) is 0 Å². The van der Waals surface area contributed by atoms with E-state index in [-0.39, 0.29) is 0 Å². The highest BCUT2D eigenvalue weighted by Crippen LogP contribution is 2.13. The lowest BCUT2D eigenvalue weighted by atomic mass is 10.2. The van der Waals surface area contributed by atoms with Crippen LogP contribution in [0.3, 0.4) is 0 Å². The minimum Gasteiger partial charge on any atom is -0.370 e. The van der Waals surface area contributed by atoms with E-state index in [1.165, 1.54) is 18.5 Å². The summed E-state index contributed by atoms with van der Waals surface area (Å²) >= 11 is 0. The maximum Gasteiger partial charge on any atom is 0.0366 e. The zero-order valence-corrected chi connectivity index (χ0v) is 8.95. The molecule has 2 heteroatoms. The van der Waals surface area contributed by atoms with E-state index in [9.17, 15) is 0 Å². The number of unbranched alkanes of at least 4 members (excludes halogenated alkanes) is 1. The van der Waals surface area contributed by atoms with E-state index in [0.717, 1.165) is 19.6 Å². The Hall–Kier alpha value is -1.02. The van der Waals surface area contributed by atoms with Crippen molar-refractivity contribution in [3.05, 3.63) is 30.3 Å². The minimum absolute atomic E-state index is 0.721. The normalized spacial score (nSPS) is 10.1. The van der Waals surface area contributed by atoms with Crippen LogP contribution in [0.4, 0.5) is 5.69 Å². The van der Waals surface area contributed by atoms with Crippen molar-refractivity contribution in [2.75, 3.05) is 24.5 Å². The predicted octanol–water partition coefficient (Wildman–Crippen LogP) is 2.25. The molecule has 1 rings (SSSR count). The van der Waals surface area contributed by atoms with Gasteiger partial charge in [-0.15, -0.1) is 0 Å². The third kappa shape index (κ3) is 3.38. The van der Waals surface area contributed by atoms with Crippen LogP contribution in [0, 0.1) is 0 Å². The summed E-state index contributed by atoms with van der Waals surface area (Å²) in [5, 5.41) is 0. The second-order valence-corrected chi connectivity index (χ2v) is 3.46. The van der Waals surface area contributed by atoms with E-state index in [1.807, 2.05) is 6.07 Å². The number of hydrogen-bond donors (Lipinski definition) is 1. The molecule has 0 fully saturated rings. The number of nitrogens with zero attached hydrogens (tertiary/aromatic N) is 1. The second-order valence-electron chi connectivity index (χ2n) is 3.46. The van der Waals surface area contributed by atoms with Gasteiger partial charge in [-0.1, -0.05) is 31.5 Å². The molecule has 0 bridgehead atoms. The molecule has 0 aliphatic heterocycles. The van der Waals surface area contributed by atoms with Gasteiger partial charge in [0.1, 0.15) is 0 Å². The largest absolute Gasteiger partial charge is 0.370 e. The molecule has 0 radical (unpaired) electrons. The lowest BCUT2D eigenvalue weighted by Gasteiger charge is -2.23. The Bertz CT molecular complexity index is 233. The third-order valence-electron chi connectivity index (χ3n) is 2.30. The lowest BCUT2D eigenvalue weighted by molar-refractivity contribution is 0.715. The van der Waals surface area contributed by atoms with Crippen LogP contribution in [0.5, 0.6) is 0 Å². The zero-order chi connectivity index (χ0) is 10.2. The highest BCUT2D eigenvalue weighted by Gasteiger charge is 2.02. The van der Waals surface area contributed by atoms with Gasteiger partial charge in [-0.25, -0.2) is 0 Å². The fraction of sp³-hybridized carbons (Fsp3) is 0.500. The molecular weight excluding hydrogens is 172 g/mol. The Labute approximate surface area is 86.7 Å². The Kier molecular flexibility index (Phi) is 5.08. The molecule has 1 aromatic rings. The first-order valence-corrected chi connectivity index (χ1v) is 5.38. The molecule has 2 N–H and O–H groups in total. The van der Waals surface area contributed by atoms with Crippen molar-refractivity contribution in [3.8, 4) is 0 Å². The van der Waals surface area contributed by atoms with E-state index >= 15 is 0 Å². The first-order chi connectivity index (χ1) is 6.88.